The highest BCUT2D eigenvalue weighted by molar-refractivity contribution is 6.30. The second kappa shape index (κ2) is 5.98. The number of anilines is 1. The van der Waals surface area contributed by atoms with Crippen molar-refractivity contribution < 1.29 is 9.53 Å². The van der Waals surface area contributed by atoms with Crippen LogP contribution in [0, 0.1) is 0 Å². The Balaban J connectivity index is 1.72. The van der Waals surface area contributed by atoms with E-state index in [1.54, 1.807) is 0 Å². The highest BCUT2D eigenvalue weighted by Gasteiger charge is 2.16. The van der Waals surface area contributed by atoms with Crippen LogP contribution in [0.1, 0.15) is 0 Å². The number of carbonyl (C=O) groups is 1. The van der Waals surface area contributed by atoms with Crippen molar-refractivity contribution in [2.24, 2.45) is 0 Å². The molecule has 24 heavy (non-hydrogen) atoms. The predicted molar refractivity (Wildman–Crippen MR) is 94.2 cm³/mol. The first-order chi connectivity index (χ1) is 11.7. The Labute approximate surface area is 144 Å². The fourth-order valence-electron chi connectivity index (χ4n) is 2.62. The smallest absolute Gasteiger partial charge is 0.262 e. The molecule has 118 valence electrons. The van der Waals surface area contributed by atoms with Crippen molar-refractivity contribution in [3.8, 4) is 28.3 Å². The molecule has 1 aliphatic rings. The van der Waals surface area contributed by atoms with Gasteiger partial charge in [0.15, 0.2) is 6.61 Å². The zero-order valence-electron chi connectivity index (χ0n) is 12.6. The van der Waals surface area contributed by atoms with Gasteiger partial charge < -0.3 is 10.1 Å². The number of carbonyl (C=O) groups excluding carboxylic acids is 1. The van der Waals surface area contributed by atoms with Crippen LogP contribution < -0.4 is 10.1 Å². The Bertz CT molecular complexity index is 923. The number of amides is 1. The van der Waals surface area contributed by atoms with Crippen LogP contribution in [-0.4, -0.2) is 17.5 Å². The first-order valence-corrected chi connectivity index (χ1v) is 7.87. The molecule has 1 amide bonds. The third-order valence-corrected chi connectivity index (χ3v) is 4.05. The number of benzene rings is 2. The molecule has 0 atom stereocenters. The van der Waals surface area contributed by atoms with Crippen LogP contribution in [0.2, 0.25) is 5.02 Å². The van der Waals surface area contributed by atoms with E-state index in [0.29, 0.717) is 16.5 Å². The summed E-state index contributed by atoms with van der Waals surface area (Å²) in [7, 11) is 0. The molecule has 0 saturated carbocycles. The third-order valence-electron chi connectivity index (χ3n) is 3.80. The summed E-state index contributed by atoms with van der Waals surface area (Å²) < 4.78 is 5.39. The van der Waals surface area contributed by atoms with Crippen LogP contribution in [0.15, 0.2) is 60.7 Å². The minimum atomic E-state index is -0.150. The minimum Gasteiger partial charge on any atom is -0.482 e. The lowest BCUT2D eigenvalue weighted by atomic mass is 10.1. The van der Waals surface area contributed by atoms with E-state index >= 15 is 0 Å². The van der Waals surface area contributed by atoms with Crippen LogP contribution in [0.4, 0.5) is 5.69 Å². The quantitative estimate of drug-likeness (QED) is 0.754. The second-order valence-corrected chi connectivity index (χ2v) is 5.90. The van der Waals surface area contributed by atoms with Gasteiger partial charge in [-0.05, 0) is 42.5 Å². The molecule has 0 aliphatic carbocycles. The molecule has 1 aliphatic heterocycles. The first kappa shape index (κ1) is 14.7. The lowest BCUT2D eigenvalue weighted by Crippen LogP contribution is -2.25. The Kier molecular flexibility index (Phi) is 3.67. The number of nitrogens with one attached hydrogen (secondary N) is 1. The molecule has 0 saturated heterocycles. The van der Waals surface area contributed by atoms with Gasteiger partial charge in [0.1, 0.15) is 5.75 Å². The number of rotatable bonds is 2. The Morgan fingerprint density at radius 1 is 0.958 bits per heavy atom. The lowest BCUT2D eigenvalue weighted by molar-refractivity contribution is -0.118. The monoisotopic (exact) mass is 336 g/mol. The van der Waals surface area contributed by atoms with Crippen molar-refractivity contribution >= 4 is 23.2 Å². The highest BCUT2D eigenvalue weighted by atomic mass is 35.5. The lowest BCUT2D eigenvalue weighted by Gasteiger charge is -2.18. The summed E-state index contributed by atoms with van der Waals surface area (Å²) in [5, 5.41) is 3.51. The maximum absolute atomic E-state index is 11.5. The number of nitrogens with zero attached hydrogens (tertiary/aromatic N) is 1. The van der Waals surface area contributed by atoms with Gasteiger partial charge in [0, 0.05) is 16.1 Å². The van der Waals surface area contributed by atoms with Gasteiger partial charge in [-0.2, -0.15) is 0 Å². The molecule has 1 aromatic heterocycles. The fraction of sp³-hybridized carbons (Fsp3) is 0.0526. The maximum atomic E-state index is 11.5. The molecule has 2 heterocycles. The average molecular weight is 337 g/mol. The van der Waals surface area contributed by atoms with Crippen molar-refractivity contribution in [1.82, 2.24) is 4.98 Å². The van der Waals surface area contributed by atoms with E-state index in [2.05, 4.69) is 5.32 Å². The van der Waals surface area contributed by atoms with Crippen LogP contribution in [0.25, 0.3) is 22.5 Å². The van der Waals surface area contributed by atoms with Crippen LogP contribution in [0.3, 0.4) is 0 Å². The highest BCUT2D eigenvalue weighted by Crippen LogP contribution is 2.32. The van der Waals surface area contributed by atoms with Crippen molar-refractivity contribution in [2.45, 2.75) is 0 Å². The van der Waals surface area contributed by atoms with E-state index < -0.39 is 0 Å². The van der Waals surface area contributed by atoms with E-state index in [-0.39, 0.29) is 12.5 Å². The summed E-state index contributed by atoms with van der Waals surface area (Å²) in [6, 6.07) is 19.1. The molecule has 5 heteroatoms. The van der Waals surface area contributed by atoms with E-state index in [4.69, 9.17) is 21.3 Å². The van der Waals surface area contributed by atoms with Crippen molar-refractivity contribution in [3.05, 3.63) is 65.7 Å². The van der Waals surface area contributed by atoms with Gasteiger partial charge in [-0.1, -0.05) is 29.8 Å². The summed E-state index contributed by atoms with van der Waals surface area (Å²) in [5.41, 5.74) is 4.26. The fourth-order valence-corrected chi connectivity index (χ4v) is 2.75. The zero-order valence-corrected chi connectivity index (χ0v) is 13.4. The maximum Gasteiger partial charge on any atom is 0.262 e. The van der Waals surface area contributed by atoms with Gasteiger partial charge in [-0.3, -0.25) is 4.79 Å². The number of hydrogen-bond acceptors (Lipinski definition) is 3. The van der Waals surface area contributed by atoms with Crippen molar-refractivity contribution in [1.29, 1.82) is 0 Å². The Morgan fingerprint density at radius 3 is 2.46 bits per heavy atom. The molecule has 3 aromatic rings. The molecule has 4 nitrogen and oxygen atoms in total. The van der Waals surface area contributed by atoms with Crippen LogP contribution in [-0.2, 0) is 4.79 Å². The largest absolute Gasteiger partial charge is 0.482 e. The second-order valence-electron chi connectivity index (χ2n) is 5.46. The molecule has 1 N–H and O–H groups in total. The van der Waals surface area contributed by atoms with Gasteiger partial charge in [0.2, 0.25) is 0 Å². The summed E-state index contributed by atoms with van der Waals surface area (Å²) in [4.78, 5) is 16.2. The minimum absolute atomic E-state index is 0.0522. The molecule has 0 radical (unpaired) electrons. The zero-order chi connectivity index (χ0) is 16.5. The van der Waals surface area contributed by atoms with E-state index in [1.807, 2.05) is 60.7 Å². The van der Waals surface area contributed by atoms with Gasteiger partial charge >= 0.3 is 0 Å². The normalized spacial score (nSPS) is 13.0. The summed E-state index contributed by atoms with van der Waals surface area (Å²) in [6.45, 7) is 0.0522. The van der Waals surface area contributed by atoms with E-state index in [1.165, 1.54) is 0 Å². The summed E-state index contributed by atoms with van der Waals surface area (Å²) >= 11 is 5.94. The van der Waals surface area contributed by atoms with E-state index in [0.717, 1.165) is 22.5 Å². The summed E-state index contributed by atoms with van der Waals surface area (Å²) in [5.74, 6) is 0.523. The van der Waals surface area contributed by atoms with Crippen LogP contribution >= 0.6 is 11.6 Å². The SMILES string of the molecule is O=C1COc2ccc(-c3cccc(-c4ccc(Cl)cc4)n3)cc2N1. The molecular formula is C19H13ClN2O2. The first-order valence-electron chi connectivity index (χ1n) is 7.49. The van der Waals surface area contributed by atoms with Crippen LogP contribution in [0.5, 0.6) is 5.75 Å². The molecule has 2 aromatic carbocycles. The van der Waals surface area contributed by atoms with Gasteiger partial charge in [0.25, 0.3) is 5.91 Å². The molecule has 0 spiro atoms. The summed E-state index contributed by atoms with van der Waals surface area (Å²) in [6.07, 6.45) is 0. The molecule has 4 rings (SSSR count). The average Bonchev–Trinajstić information content (AvgIpc) is 2.62. The third kappa shape index (κ3) is 2.84. The number of halogens is 1. The van der Waals surface area contributed by atoms with E-state index in [9.17, 15) is 4.79 Å². The van der Waals surface area contributed by atoms with Gasteiger partial charge in [-0.25, -0.2) is 4.98 Å². The number of fused-ring (bicyclic) bond motifs is 1. The molecule has 0 fully saturated rings. The Morgan fingerprint density at radius 2 is 1.67 bits per heavy atom. The number of pyridine rings is 1. The molecular weight excluding hydrogens is 324 g/mol. The van der Waals surface area contributed by atoms with Gasteiger partial charge in [0.05, 0.1) is 17.1 Å². The van der Waals surface area contributed by atoms with Gasteiger partial charge in [-0.15, -0.1) is 0 Å². The molecule has 0 bridgehead atoms. The number of ether oxygens (including phenoxy) is 1. The number of hydrogen-bond donors (Lipinski definition) is 1. The predicted octanol–water partition coefficient (Wildman–Crippen LogP) is 4.40. The van der Waals surface area contributed by atoms with Crippen molar-refractivity contribution in [3.63, 3.8) is 0 Å². The molecule has 0 unspecified atom stereocenters. The van der Waals surface area contributed by atoms with Crippen molar-refractivity contribution in [2.75, 3.05) is 11.9 Å². The number of aromatic nitrogens is 1. The standard InChI is InChI=1S/C19H13ClN2O2/c20-14-7-4-12(5-8-14)15-2-1-3-16(21-15)13-6-9-18-17(10-13)22-19(23)11-24-18/h1-10H,11H2,(H,22,23). The Hall–Kier alpha value is -2.85. The topological polar surface area (TPSA) is 51.2 Å².